The third-order valence-electron chi connectivity index (χ3n) is 4.36. The molecule has 1 aliphatic heterocycles. The monoisotopic (exact) mass is 575 g/mol. The molecule has 3 rings (SSSR count). The molecular formula is C22H30IN3O5S. The van der Waals surface area contributed by atoms with Gasteiger partial charge in [0.25, 0.3) is 0 Å². The van der Waals surface area contributed by atoms with Crippen molar-refractivity contribution in [1.29, 1.82) is 0 Å². The Balaban J connectivity index is 0.00000363. The Morgan fingerprint density at radius 3 is 2.59 bits per heavy atom. The molecule has 2 aromatic carbocycles. The van der Waals surface area contributed by atoms with E-state index in [0.717, 1.165) is 24.3 Å². The number of anilines is 1. The van der Waals surface area contributed by atoms with Gasteiger partial charge in [0.1, 0.15) is 15.6 Å². The standard InChI is InChI=1S/C22H29N3O5S.HI/c1-31(26,27)16-12-24-22(23-11-5-13-28-19-7-3-2-4-8-19)25-18-9-10-20-21(17-18)30-15-6-14-29-20;/h2-4,7-10,17H,5-6,11-16H2,1H3,(H2,23,24,25);1H. The number of aliphatic imine (C=N–C) groups is 1. The van der Waals surface area contributed by atoms with Crippen molar-refractivity contribution in [2.45, 2.75) is 12.8 Å². The molecule has 176 valence electrons. The fourth-order valence-electron chi connectivity index (χ4n) is 2.83. The lowest BCUT2D eigenvalue weighted by molar-refractivity contribution is 0.297. The fourth-order valence-corrected chi connectivity index (χ4v) is 3.31. The molecule has 10 heteroatoms. The number of nitrogens with zero attached hydrogens (tertiary/aromatic N) is 1. The highest BCUT2D eigenvalue weighted by Crippen LogP contribution is 2.32. The first-order valence-corrected chi connectivity index (χ1v) is 12.4. The number of fused-ring (bicyclic) bond motifs is 1. The number of nitrogens with one attached hydrogen (secondary N) is 2. The summed E-state index contributed by atoms with van der Waals surface area (Å²) in [5.74, 6) is 2.73. The summed E-state index contributed by atoms with van der Waals surface area (Å²) in [6.45, 7) is 2.55. The van der Waals surface area contributed by atoms with Gasteiger partial charge < -0.3 is 24.8 Å². The first kappa shape index (κ1) is 26.0. The molecule has 0 unspecified atom stereocenters. The third-order valence-corrected chi connectivity index (χ3v) is 5.31. The summed E-state index contributed by atoms with van der Waals surface area (Å²) in [5, 5.41) is 6.28. The van der Waals surface area contributed by atoms with Crippen LogP contribution in [0.3, 0.4) is 0 Å². The number of hydrogen-bond donors (Lipinski definition) is 2. The Hall–Kier alpha value is -2.21. The maximum atomic E-state index is 11.5. The quantitative estimate of drug-likeness (QED) is 0.205. The minimum absolute atomic E-state index is 0. The second-order valence-electron chi connectivity index (χ2n) is 7.14. The highest BCUT2D eigenvalue weighted by molar-refractivity contribution is 14.0. The van der Waals surface area contributed by atoms with Gasteiger partial charge in [-0.2, -0.15) is 0 Å². The molecule has 0 fully saturated rings. The van der Waals surface area contributed by atoms with Gasteiger partial charge in [-0.15, -0.1) is 24.0 Å². The lowest BCUT2D eigenvalue weighted by Crippen LogP contribution is -2.34. The smallest absolute Gasteiger partial charge is 0.195 e. The Morgan fingerprint density at radius 1 is 1.09 bits per heavy atom. The number of hydrogen-bond acceptors (Lipinski definition) is 6. The molecule has 1 aliphatic rings. The minimum Gasteiger partial charge on any atom is -0.494 e. The fraction of sp³-hybridized carbons (Fsp3) is 0.409. The van der Waals surface area contributed by atoms with Crippen LogP contribution in [0.1, 0.15) is 12.8 Å². The van der Waals surface area contributed by atoms with Gasteiger partial charge in [-0.3, -0.25) is 4.99 Å². The summed E-state index contributed by atoms with van der Waals surface area (Å²) in [4.78, 5) is 4.55. The van der Waals surface area contributed by atoms with Gasteiger partial charge in [0.15, 0.2) is 17.5 Å². The molecule has 0 atom stereocenters. The molecule has 0 saturated heterocycles. The van der Waals surface area contributed by atoms with Crippen molar-refractivity contribution in [3.63, 3.8) is 0 Å². The predicted octanol–water partition coefficient (Wildman–Crippen LogP) is 3.34. The summed E-state index contributed by atoms with van der Waals surface area (Å²) in [6, 6.07) is 15.2. The van der Waals surface area contributed by atoms with Crippen LogP contribution in [-0.2, 0) is 9.84 Å². The first-order chi connectivity index (χ1) is 15.0. The Bertz CT molecular complexity index is 971. The number of para-hydroxylation sites is 1. The van der Waals surface area contributed by atoms with Crippen molar-refractivity contribution < 1.29 is 22.6 Å². The normalized spacial score (nSPS) is 13.5. The lowest BCUT2D eigenvalue weighted by atomic mass is 10.3. The van der Waals surface area contributed by atoms with E-state index in [1.165, 1.54) is 6.26 Å². The molecule has 0 spiro atoms. The highest BCUT2D eigenvalue weighted by Gasteiger charge is 2.12. The molecular weight excluding hydrogens is 545 g/mol. The van der Waals surface area contributed by atoms with Crippen molar-refractivity contribution in [2.24, 2.45) is 4.99 Å². The van der Waals surface area contributed by atoms with Gasteiger partial charge in [-0.1, -0.05) is 18.2 Å². The molecule has 32 heavy (non-hydrogen) atoms. The van der Waals surface area contributed by atoms with Crippen LogP contribution in [0.5, 0.6) is 17.2 Å². The molecule has 8 nitrogen and oxygen atoms in total. The topological polar surface area (TPSA) is 98.3 Å². The van der Waals surface area contributed by atoms with Crippen LogP contribution in [-0.4, -0.2) is 59.3 Å². The van der Waals surface area contributed by atoms with Crippen LogP contribution in [0.15, 0.2) is 53.5 Å². The highest BCUT2D eigenvalue weighted by atomic mass is 127. The molecule has 0 aromatic heterocycles. The van der Waals surface area contributed by atoms with Gasteiger partial charge in [0, 0.05) is 43.9 Å². The molecule has 0 amide bonds. The van der Waals surface area contributed by atoms with Crippen molar-refractivity contribution in [2.75, 3.05) is 50.2 Å². The van der Waals surface area contributed by atoms with E-state index in [1.54, 1.807) is 0 Å². The molecule has 0 radical (unpaired) electrons. The van der Waals surface area contributed by atoms with Gasteiger partial charge in [-0.05, 0) is 24.3 Å². The molecule has 0 bridgehead atoms. The second kappa shape index (κ2) is 13.4. The molecule has 1 heterocycles. The van der Waals surface area contributed by atoms with E-state index in [1.807, 2.05) is 48.5 Å². The van der Waals surface area contributed by atoms with Crippen LogP contribution < -0.4 is 24.8 Å². The Labute approximate surface area is 206 Å². The van der Waals surface area contributed by atoms with Gasteiger partial charge in [0.05, 0.1) is 25.6 Å². The van der Waals surface area contributed by atoms with E-state index in [-0.39, 0.29) is 36.3 Å². The second-order valence-corrected chi connectivity index (χ2v) is 9.40. The summed E-state index contributed by atoms with van der Waals surface area (Å²) in [5.41, 5.74) is 0.774. The number of benzene rings is 2. The predicted molar refractivity (Wildman–Crippen MR) is 138 cm³/mol. The minimum atomic E-state index is -3.07. The lowest BCUT2D eigenvalue weighted by Gasteiger charge is -2.14. The summed E-state index contributed by atoms with van der Waals surface area (Å²) < 4.78 is 40.0. The number of halogens is 1. The average Bonchev–Trinajstić information content (AvgIpc) is 2.98. The third kappa shape index (κ3) is 9.51. The zero-order valence-electron chi connectivity index (χ0n) is 18.1. The zero-order chi connectivity index (χ0) is 21.9. The average molecular weight is 575 g/mol. The van der Waals surface area contributed by atoms with Crippen LogP contribution >= 0.6 is 24.0 Å². The summed E-state index contributed by atoms with van der Waals surface area (Å²) >= 11 is 0. The molecule has 2 aromatic rings. The van der Waals surface area contributed by atoms with Crippen LogP contribution in [0, 0.1) is 0 Å². The molecule has 0 aliphatic carbocycles. The number of guanidine groups is 1. The van der Waals surface area contributed by atoms with Crippen molar-refractivity contribution in [3.05, 3.63) is 48.5 Å². The van der Waals surface area contributed by atoms with Crippen molar-refractivity contribution in [1.82, 2.24) is 5.32 Å². The Kier molecular flexibility index (Phi) is 10.9. The largest absolute Gasteiger partial charge is 0.494 e. The number of rotatable bonds is 9. The summed E-state index contributed by atoms with van der Waals surface area (Å²) in [6.07, 6.45) is 2.76. The van der Waals surface area contributed by atoms with E-state index in [4.69, 9.17) is 14.2 Å². The zero-order valence-corrected chi connectivity index (χ0v) is 21.2. The van der Waals surface area contributed by atoms with E-state index in [2.05, 4.69) is 15.6 Å². The van der Waals surface area contributed by atoms with E-state index >= 15 is 0 Å². The van der Waals surface area contributed by atoms with Gasteiger partial charge >= 0.3 is 0 Å². The maximum absolute atomic E-state index is 11.5. The van der Waals surface area contributed by atoms with Crippen LogP contribution in [0.4, 0.5) is 5.69 Å². The number of sulfone groups is 1. The first-order valence-electron chi connectivity index (χ1n) is 10.3. The van der Waals surface area contributed by atoms with E-state index < -0.39 is 9.84 Å². The number of ether oxygens (including phenoxy) is 3. The van der Waals surface area contributed by atoms with E-state index in [9.17, 15) is 8.42 Å². The maximum Gasteiger partial charge on any atom is 0.195 e. The summed E-state index contributed by atoms with van der Waals surface area (Å²) in [7, 11) is -3.07. The SMILES string of the molecule is CS(=O)(=O)CCNC(=NCCCOc1ccccc1)Nc1ccc2c(c1)OCCCO2.I. The molecule has 0 saturated carbocycles. The van der Waals surface area contributed by atoms with Crippen LogP contribution in [0.2, 0.25) is 0 Å². The van der Waals surface area contributed by atoms with Crippen LogP contribution in [0.25, 0.3) is 0 Å². The van der Waals surface area contributed by atoms with Crippen molar-refractivity contribution >= 4 is 45.5 Å². The van der Waals surface area contributed by atoms with Gasteiger partial charge in [0.2, 0.25) is 0 Å². The van der Waals surface area contributed by atoms with E-state index in [0.29, 0.717) is 43.8 Å². The van der Waals surface area contributed by atoms with Crippen molar-refractivity contribution in [3.8, 4) is 17.2 Å². The van der Waals surface area contributed by atoms with Gasteiger partial charge in [-0.25, -0.2) is 8.42 Å². The Morgan fingerprint density at radius 2 is 1.84 bits per heavy atom. The molecule has 2 N–H and O–H groups in total.